The Kier molecular flexibility index (Phi) is 7.79. The molecule has 40 heavy (non-hydrogen) atoms. The van der Waals surface area contributed by atoms with Crippen molar-refractivity contribution in [2.24, 2.45) is 0 Å². The summed E-state index contributed by atoms with van der Waals surface area (Å²) in [5.41, 5.74) is 5.91. The van der Waals surface area contributed by atoms with Crippen molar-refractivity contribution in [2.45, 2.75) is 66.2 Å². The van der Waals surface area contributed by atoms with E-state index in [1.54, 1.807) is 17.4 Å². The molecule has 9 heteroatoms. The number of thiophene rings is 1. The Morgan fingerprint density at radius 1 is 1.15 bits per heavy atom. The van der Waals surface area contributed by atoms with Gasteiger partial charge in [-0.25, -0.2) is 4.79 Å². The van der Waals surface area contributed by atoms with E-state index in [1.807, 2.05) is 55.7 Å². The Morgan fingerprint density at radius 2 is 1.85 bits per heavy atom. The average Bonchev–Trinajstić information content (AvgIpc) is 3.42. The zero-order chi connectivity index (χ0) is 28.7. The smallest absolute Gasteiger partial charge is 0.341 e. The number of hydrogen-bond donors (Lipinski definition) is 1. The molecule has 0 unspecified atom stereocenters. The zero-order valence-electron chi connectivity index (χ0n) is 23.4. The summed E-state index contributed by atoms with van der Waals surface area (Å²) in [5, 5.41) is 3.56. The van der Waals surface area contributed by atoms with Crippen LogP contribution in [0.3, 0.4) is 0 Å². The van der Waals surface area contributed by atoms with Gasteiger partial charge in [0.25, 0.3) is 11.8 Å². The standard InChI is InChI=1S/C31H33N3O4S2/c1-6-38-30(37)26-23-9-7-8-10-25(23)40-29(26)33-18(4)15-21(19(33)5)16-24-27(35)32-31(39)34(28(24)36)22-13-11-20(12-14-22)17(2)3/h11-17H,6-10H2,1-5H3,(H,32,35,39)/b24-16+. The predicted molar refractivity (Wildman–Crippen MR) is 162 cm³/mol. The average molecular weight is 576 g/mol. The van der Waals surface area contributed by atoms with Crippen molar-refractivity contribution in [3.63, 3.8) is 0 Å². The van der Waals surface area contributed by atoms with Crippen molar-refractivity contribution in [3.05, 3.63) is 74.4 Å². The van der Waals surface area contributed by atoms with Crippen molar-refractivity contribution in [2.75, 3.05) is 11.5 Å². The number of amides is 2. The molecule has 2 aromatic heterocycles. The van der Waals surface area contributed by atoms with Crippen LogP contribution in [0.25, 0.3) is 11.1 Å². The van der Waals surface area contributed by atoms with Gasteiger partial charge < -0.3 is 9.30 Å². The lowest BCUT2D eigenvalue weighted by molar-refractivity contribution is -0.122. The van der Waals surface area contributed by atoms with Crippen LogP contribution in [0.15, 0.2) is 35.9 Å². The van der Waals surface area contributed by atoms with Gasteiger partial charge in [0.1, 0.15) is 10.6 Å². The largest absolute Gasteiger partial charge is 0.462 e. The molecule has 1 N–H and O–H groups in total. The third kappa shape index (κ3) is 4.92. The minimum absolute atomic E-state index is 0.00197. The summed E-state index contributed by atoms with van der Waals surface area (Å²) in [5.74, 6) is -0.969. The molecule has 2 aliphatic rings. The van der Waals surface area contributed by atoms with E-state index >= 15 is 0 Å². The van der Waals surface area contributed by atoms with Crippen molar-refractivity contribution < 1.29 is 19.1 Å². The Balaban J connectivity index is 1.56. The first-order valence-corrected chi connectivity index (χ1v) is 14.9. The molecule has 208 valence electrons. The van der Waals surface area contributed by atoms with Crippen LogP contribution < -0.4 is 10.2 Å². The SMILES string of the molecule is CCOC(=O)c1c(-n2c(C)cc(/C=C3\C(=O)NC(=S)N(c4ccc(C(C)C)cc4)C3=O)c2C)sc2c1CCCC2. The molecule has 1 aliphatic heterocycles. The number of aryl methyl sites for hydroxylation is 2. The van der Waals surface area contributed by atoms with Gasteiger partial charge in [0.05, 0.1) is 17.9 Å². The lowest BCUT2D eigenvalue weighted by Crippen LogP contribution is -2.54. The maximum Gasteiger partial charge on any atom is 0.341 e. The molecule has 7 nitrogen and oxygen atoms in total. The molecule has 0 spiro atoms. The molecule has 1 aliphatic carbocycles. The van der Waals surface area contributed by atoms with Gasteiger partial charge in [-0.15, -0.1) is 11.3 Å². The van der Waals surface area contributed by atoms with Crippen LogP contribution in [0.2, 0.25) is 0 Å². The summed E-state index contributed by atoms with van der Waals surface area (Å²) in [6.07, 6.45) is 5.58. The fourth-order valence-electron chi connectivity index (χ4n) is 5.42. The quantitative estimate of drug-likeness (QED) is 0.165. The summed E-state index contributed by atoms with van der Waals surface area (Å²) < 4.78 is 7.50. The summed E-state index contributed by atoms with van der Waals surface area (Å²) in [6.45, 7) is 10.2. The lowest BCUT2D eigenvalue weighted by Gasteiger charge is -2.29. The van der Waals surface area contributed by atoms with Crippen molar-refractivity contribution in [3.8, 4) is 5.00 Å². The second-order valence-electron chi connectivity index (χ2n) is 10.5. The molecule has 0 atom stereocenters. The van der Waals surface area contributed by atoms with Crippen LogP contribution in [-0.2, 0) is 27.2 Å². The molecular formula is C31H33N3O4S2. The molecule has 5 rings (SSSR count). The van der Waals surface area contributed by atoms with Gasteiger partial charge in [0.2, 0.25) is 0 Å². The van der Waals surface area contributed by atoms with E-state index in [2.05, 4.69) is 19.2 Å². The van der Waals surface area contributed by atoms with E-state index < -0.39 is 11.8 Å². The van der Waals surface area contributed by atoms with Gasteiger partial charge in [0, 0.05) is 16.3 Å². The number of anilines is 1. The van der Waals surface area contributed by atoms with E-state index in [0.717, 1.165) is 58.8 Å². The molecule has 2 amide bonds. The van der Waals surface area contributed by atoms with Gasteiger partial charge in [-0.1, -0.05) is 26.0 Å². The molecule has 0 bridgehead atoms. The second kappa shape index (κ2) is 11.1. The van der Waals surface area contributed by atoms with Crippen molar-refractivity contribution >= 4 is 58.2 Å². The Bertz CT molecular complexity index is 1560. The van der Waals surface area contributed by atoms with Gasteiger partial charge in [-0.3, -0.25) is 19.8 Å². The highest BCUT2D eigenvalue weighted by atomic mass is 32.1. The highest BCUT2D eigenvalue weighted by molar-refractivity contribution is 7.80. The molecule has 3 aromatic rings. The Morgan fingerprint density at radius 3 is 2.52 bits per heavy atom. The molecule has 0 saturated carbocycles. The number of carbonyl (C=O) groups is 3. The fourth-order valence-corrected chi connectivity index (χ4v) is 7.19. The predicted octanol–water partition coefficient (Wildman–Crippen LogP) is 6.17. The molecule has 1 aromatic carbocycles. The van der Waals surface area contributed by atoms with Crippen LogP contribution in [0, 0.1) is 13.8 Å². The number of carbonyl (C=O) groups excluding carboxylic acids is 3. The third-order valence-corrected chi connectivity index (χ3v) is 9.09. The monoisotopic (exact) mass is 575 g/mol. The van der Waals surface area contributed by atoms with E-state index in [-0.39, 0.29) is 16.7 Å². The highest BCUT2D eigenvalue weighted by Crippen LogP contribution is 2.39. The van der Waals surface area contributed by atoms with Crippen LogP contribution in [0.4, 0.5) is 5.69 Å². The number of fused-ring (bicyclic) bond motifs is 1. The van der Waals surface area contributed by atoms with E-state index in [1.165, 1.54) is 9.78 Å². The van der Waals surface area contributed by atoms with Gasteiger partial charge in [0.15, 0.2) is 5.11 Å². The Hall–Kier alpha value is -3.56. The van der Waals surface area contributed by atoms with Crippen LogP contribution in [-0.4, -0.2) is 34.1 Å². The summed E-state index contributed by atoms with van der Waals surface area (Å²) in [6, 6.07) is 9.55. The van der Waals surface area contributed by atoms with E-state index in [0.29, 0.717) is 23.8 Å². The summed E-state index contributed by atoms with van der Waals surface area (Å²) in [4.78, 5) is 42.3. The maximum atomic E-state index is 13.6. The van der Waals surface area contributed by atoms with E-state index in [9.17, 15) is 14.4 Å². The molecule has 1 saturated heterocycles. The molecular weight excluding hydrogens is 542 g/mol. The number of nitrogens with zero attached hydrogens (tertiary/aromatic N) is 2. The first-order valence-electron chi connectivity index (χ1n) is 13.6. The fraction of sp³-hybridized carbons (Fsp3) is 0.355. The first-order chi connectivity index (χ1) is 19.1. The van der Waals surface area contributed by atoms with E-state index in [4.69, 9.17) is 17.0 Å². The lowest BCUT2D eigenvalue weighted by atomic mass is 9.95. The molecule has 1 fully saturated rings. The van der Waals surface area contributed by atoms with Gasteiger partial charge >= 0.3 is 5.97 Å². The van der Waals surface area contributed by atoms with Crippen LogP contribution >= 0.6 is 23.6 Å². The van der Waals surface area contributed by atoms with Crippen molar-refractivity contribution in [1.82, 2.24) is 9.88 Å². The minimum Gasteiger partial charge on any atom is -0.462 e. The number of nitrogens with one attached hydrogen (secondary N) is 1. The van der Waals surface area contributed by atoms with Crippen LogP contribution in [0.1, 0.15) is 82.8 Å². The molecule has 0 radical (unpaired) electrons. The number of benzene rings is 1. The summed E-state index contributed by atoms with van der Waals surface area (Å²) in [7, 11) is 0. The number of hydrogen-bond acceptors (Lipinski definition) is 6. The number of rotatable bonds is 6. The number of thiocarbonyl (C=S) groups is 1. The third-order valence-electron chi connectivity index (χ3n) is 7.53. The number of ether oxygens (including phenoxy) is 1. The number of aromatic nitrogens is 1. The van der Waals surface area contributed by atoms with Crippen LogP contribution in [0.5, 0.6) is 0 Å². The Labute approximate surface area is 243 Å². The number of esters is 1. The van der Waals surface area contributed by atoms with Gasteiger partial charge in [-0.05, 0) is 106 Å². The maximum absolute atomic E-state index is 13.6. The second-order valence-corrected chi connectivity index (χ2v) is 11.9. The normalized spacial score (nSPS) is 16.5. The zero-order valence-corrected chi connectivity index (χ0v) is 25.1. The molecule has 3 heterocycles. The van der Waals surface area contributed by atoms with Crippen molar-refractivity contribution in [1.29, 1.82) is 0 Å². The van der Waals surface area contributed by atoms with Gasteiger partial charge in [-0.2, -0.15) is 0 Å². The highest BCUT2D eigenvalue weighted by Gasteiger charge is 2.35. The topological polar surface area (TPSA) is 80.6 Å². The first kappa shape index (κ1) is 28.0. The summed E-state index contributed by atoms with van der Waals surface area (Å²) >= 11 is 7.01. The minimum atomic E-state index is -0.534.